The molecular weight excluding hydrogens is 474 g/mol. The van der Waals surface area contributed by atoms with Crippen molar-refractivity contribution in [3.05, 3.63) is 18.2 Å². The summed E-state index contributed by atoms with van der Waals surface area (Å²) in [6, 6.07) is 4.04. The van der Waals surface area contributed by atoms with Crippen LogP contribution in [-0.4, -0.2) is 59.9 Å². The average molecular weight is 505 g/mol. The molecule has 1 aromatic heterocycles. The number of sulfone groups is 1. The van der Waals surface area contributed by atoms with Gasteiger partial charge in [-0.25, -0.2) is 13.4 Å². The van der Waals surface area contributed by atoms with E-state index >= 15 is 0 Å². The number of esters is 1. The topological polar surface area (TPSA) is 106 Å². The number of imidazole rings is 1. The third-order valence-electron chi connectivity index (χ3n) is 4.96. The molecule has 2 unspecified atom stereocenters. The first kappa shape index (κ1) is 26.3. The highest BCUT2D eigenvalue weighted by atomic mass is 32.2. The maximum absolute atomic E-state index is 13.2. The van der Waals surface area contributed by atoms with E-state index in [4.69, 9.17) is 14.2 Å². The summed E-state index contributed by atoms with van der Waals surface area (Å²) in [6.45, 7) is 5.56. The quantitative estimate of drug-likeness (QED) is 0.527. The minimum atomic E-state index is -3.95. The van der Waals surface area contributed by atoms with Crippen molar-refractivity contribution in [2.24, 2.45) is 7.05 Å². The van der Waals surface area contributed by atoms with Gasteiger partial charge in [-0.15, -0.1) is 0 Å². The molecule has 9 nitrogen and oxygen atoms in total. The van der Waals surface area contributed by atoms with Crippen LogP contribution in [0.4, 0.5) is 8.78 Å². The van der Waals surface area contributed by atoms with E-state index in [1.165, 1.54) is 29.8 Å². The van der Waals surface area contributed by atoms with Gasteiger partial charge in [-0.05, 0) is 46.8 Å². The second-order valence-corrected chi connectivity index (χ2v) is 11.6. The van der Waals surface area contributed by atoms with Gasteiger partial charge in [0.25, 0.3) is 0 Å². The smallest absolute Gasteiger partial charge is 0.387 e. The Morgan fingerprint density at radius 2 is 1.91 bits per heavy atom. The first-order valence-electron chi connectivity index (χ1n) is 10.8. The van der Waals surface area contributed by atoms with Gasteiger partial charge in [0.1, 0.15) is 11.4 Å². The molecule has 0 amide bonds. The van der Waals surface area contributed by atoms with E-state index in [1.807, 2.05) is 0 Å². The molecule has 190 valence electrons. The minimum absolute atomic E-state index is 0.0419. The van der Waals surface area contributed by atoms with Gasteiger partial charge in [-0.3, -0.25) is 4.79 Å². The van der Waals surface area contributed by atoms with Gasteiger partial charge in [0.05, 0.1) is 35.4 Å². The third-order valence-corrected chi connectivity index (χ3v) is 6.69. The summed E-state index contributed by atoms with van der Waals surface area (Å²) in [6.07, 6.45) is -1.23. The van der Waals surface area contributed by atoms with Crippen molar-refractivity contribution in [1.29, 1.82) is 0 Å². The van der Waals surface area contributed by atoms with Crippen LogP contribution in [0.15, 0.2) is 23.4 Å². The van der Waals surface area contributed by atoms with E-state index in [1.54, 1.807) is 34.6 Å². The van der Waals surface area contributed by atoms with E-state index < -0.39 is 51.8 Å². The van der Waals surface area contributed by atoms with Crippen molar-refractivity contribution in [1.82, 2.24) is 9.55 Å². The fourth-order valence-electron chi connectivity index (χ4n) is 3.95. The highest BCUT2D eigenvalue weighted by molar-refractivity contribution is 7.91. The zero-order valence-corrected chi connectivity index (χ0v) is 20.8. The monoisotopic (exact) mass is 504 g/mol. The van der Waals surface area contributed by atoms with Crippen molar-refractivity contribution in [2.45, 2.75) is 82.8 Å². The molecule has 0 spiro atoms. The van der Waals surface area contributed by atoms with Crippen LogP contribution in [-0.2, 0) is 35.9 Å². The molecule has 1 aromatic carbocycles. The second-order valence-electron chi connectivity index (χ2n) is 9.67. The molecule has 0 saturated carbocycles. The molecule has 1 saturated heterocycles. The molecule has 2 heterocycles. The van der Waals surface area contributed by atoms with E-state index in [2.05, 4.69) is 9.72 Å². The first-order chi connectivity index (χ1) is 15.5. The van der Waals surface area contributed by atoms with Crippen molar-refractivity contribution >= 4 is 26.8 Å². The Kier molecular flexibility index (Phi) is 7.26. The Labute approximate surface area is 197 Å². The number of alkyl halides is 2. The molecule has 0 radical (unpaired) electrons. The molecule has 2 atom stereocenters. The van der Waals surface area contributed by atoms with Crippen molar-refractivity contribution < 1.29 is 40.9 Å². The summed E-state index contributed by atoms with van der Waals surface area (Å²) >= 11 is 0. The molecular formula is C22H30F2N2O7S. The number of carbonyl (C=O) groups is 1. The number of aryl methyl sites for hydroxylation is 1. The maximum Gasteiger partial charge on any atom is 0.387 e. The largest absolute Gasteiger partial charge is 0.460 e. The van der Waals surface area contributed by atoms with Crippen LogP contribution in [0.25, 0.3) is 11.0 Å². The van der Waals surface area contributed by atoms with Crippen LogP contribution in [0.1, 0.15) is 47.5 Å². The van der Waals surface area contributed by atoms with Gasteiger partial charge in [0, 0.05) is 19.5 Å². The molecule has 3 rings (SSSR count). The summed E-state index contributed by atoms with van der Waals surface area (Å²) in [5.41, 5.74) is -0.00697. The van der Waals surface area contributed by atoms with Gasteiger partial charge in [-0.2, -0.15) is 8.78 Å². The van der Waals surface area contributed by atoms with E-state index in [9.17, 15) is 22.0 Å². The molecule has 2 aromatic rings. The number of carbonyl (C=O) groups excluding carboxylic acids is 1. The Morgan fingerprint density at radius 1 is 1.26 bits per heavy atom. The molecule has 12 heteroatoms. The fraction of sp³-hybridized carbons (Fsp3) is 0.636. The molecule has 1 aliphatic rings. The zero-order chi connectivity index (χ0) is 25.5. The lowest BCUT2D eigenvalue weighted by atomic mass is 10.1. The van der Waals surface area contributed by atoms with Crippen LogP contribution >= 0.6 is 0 Å². The number of benzene rings is 1. The number of ether oxygens (including phenoxy) is 4. The number of fused-ring (bicyclic) bond motifs is 1. The van der Waals surface area contributed by atoms with Crippen LogP contribution in [0.5, 0.6) is 5.75 Å². The first-order valence-corrected chi connectivity index (χ1v) is 12.4. The average Bonchev–Trinajstić information content (AvgIpc) is 2.94. The predicted molar refractivity (Wildman–Crippen MR) is 118 cm³/mol. The number of hydrogen-bond donors (Lipinski definition) is 0. The molecule has 0 aliphatic carbocycles. The lowest BCUT2D eigenvalue weighted by Crippen LogP contribution is -2.47. The Morgan fingerprint density at radius 3 is 2.53 bits per heavy atom. The molecule has 0 bridgehead atoms. The zero-order valence-electron chi connectivity index (χ0n) is 20.0. The maximum atomic E-state index is 13.2. The highest BCUT2D eigenvalue weighted by Gasteiger charge is 2.40. The second kappa shape index (κ2) is 9.38. The van der Waals surface area contributed by atoms with Crippen LogP contribution < -0.4 is 4.74 Å². The molecule has 34 heavy (non-hydrogen) atoms. The summed E-state index contributed by atoms with van der Waals surface area (Å²) in [5.74, 6) is -2.08. The fourth-order valence-corrected chi connectivity index (χ4v) is 5.54. The SMILES string of the molecule is Cn1c(S(=O)(=O)CC2CC(CC(=O)OC(C)(C)C)OC(C)(C)O2)nc2cc(OC(F)F)ccc21. The number of halogens is 2. The van der Waals surface area contributed by atoms with E-state index in [-0.39, 0.29) is 29.3 Å². The molecule has 1 fully saturated rings. The van der Waals surface area contributed by atoms with Gasteiger partial charge >= 0.3 is 12.6 Å². The van der Waals surface area contributed by atoms with Gasteiger partial charge in [-0.1, -0.05) is 0 Å². The van der Waals surface area contributed by atoms with Crippen molar-refractivity contribution in [3.8, 4) is 5.75 Å². The third kappa shape index (κ3) is 6.63. The van der Waals surface area contributed by atoms with Crippen molar-refractivity contribution in [3.63, 3.8) is 0 Å². The lowest BCUT2D eigenvalue weighted by Gasteiger charge is -2.40. The number of rotatable bonds is 7. The summed E-state index contributed by atoms with van der Waals surface area (Å²) in [4.78, 5) is 16.4. The van der Waals surface area contributed by atoms with Crippen LogP contribution in [0.2, 0.25) is 0 Å². The van der Waals surface area contributed by atoms with Gasteiger partial charge in [0.2, 0.25) is 15.0 Å². The number of hydrogen-bond acceptors (Lipinski definition) is 8. The van der Waals surface area contributed by atoms with Crippen LogP contribution in [0.3, 0.4) is 0 Å². The number of nitrogens with zero attached hydrogens (tertiary/aromatic N) is 2. The Balaban J connectivity index is 1.79. The standard InChI is InChI=1S/C22H30F2N2O7S/c1-21(2,3)33-18(27)11-14-9-15(32-22(4,5)31-14)12-34(28,29)20-25-16-10-13(30-19(23)24)7-8-17(16)26(20)6/h7-8,10,14-15,19H,9,11-12H2,1-6H3. The van der Waals surface area contributed by atoms with Gasteiger partial charge < -0.3 is 23.5 Å². The summed E-state index contributed by atoms with van der Waals surface area (Å²) in [7, 11) is -2.43. The van der Waals surface area contributed by atoms with Gasteiger partial charge in [0.15, 0.2) is 5.79 Å². The predicted octanol–water partition coefficient (Wildman–Crippen LogP) is 3.59. The number of aromatic nitrogens is 2. The molecule has 1 aliphatic heterocycles. The van der Waals surface area contributed by atoms with Crippen LogP contribution in [0, 0.1) is 0 Å². The van der Waals surface area contributed by atoms with E-state index in [0.29, 0.717) is 5.52 Å². The normalized spacial score (nSPS) is 21.1. The van der Waals surface area contributed by atoms with Crippen molar-refractivity contribution in [2.75, 3.05) is 5.75 Å². The lowest BCUT2D eigenvalue weighted by molar-refractivity contribution is -0.295. The summed E-state index contributed by atoms with van der Waals surface area (Å²) < 4.78 is 74.2. The van der Waals surface area contributed by atoms with E-state index in [0.717, 1.165) is 0 Å². The summed E-state index contributed by atoms with van der Waals surface area (Å²) in [5, 5.41) is -0.228. The molecule has 0 N–H and O–H groups in total. The Hall–Kier alpha value is -2.31. The highest BCUT2D eigenvalue weighted by Crippen LogP contribution is 2.31. The minimum Gasteiger partial charge on any atom is -0.460 e. The Bertz CT molecular complexity index is 1160.